The van der Waals surface area contributed by atoms with Gasteiger partial charge in [-0.25, -0.2) is 0 Å². The van der Waals surface area contributed by atoms with E-state index in [1.165, 1.54) is 38.5 Å². The maximum Gasteiger partial charge on any atom is -0.0222 e. The third-order valence-electron chi connectivity index (χ3n) is 4.09. The zero-order valence-corrected chi connectivity index (χ0v) is 12.1. The summed E-state index contributed by atoms with van der Waals surface area (Å²) in [6.07, 6.45) is 7.86. The first-order valence-corrected chi connectivity index (χ1v) is 7.22. The molecule has 0 saturated heterocycles. The van der Waals surface area contributed by atoms with E-state index in [1.807, 2.05) is 0 Å². The zero-order chi connectivity index (χ0) is 12.7. The monoisotopic (exact) mass is 232 g/mol. The molecule has 17 heavy (non-hydrogen) atoms. The Morgan fingerprint density at radius 3 is 2.12 bits per heavy atom. The van der Waals surface area contributed by atoms with Gasteiger partial charge in [0.2, 0.25) is 0 Å². The molecule has 0 heteroatoms. The summed E-state index contributed by atoms with van der Waals surface area (Å²) in [7, 11) is 0. The fourth-order valence-corrected chi connectivity index (χ4v) is 2.26. The zero-order valence-electron chi connectivity index (χ0n) is 12.1. The number of rotatable bonds is 2. The predicted molar refractivity (Wildman–Crippen MR) is 77.4 cm³/mol. The van der Waals surface area contributed by atoms with Gasteiger partial charge in [-0.3, -0.25) is 0 Å². The number of hydrogen-bond donors (Lipinski definition) is 0. The van der Waals surface area contributed by atoms with Crippen molar-refractivity contribution in [1.29, 1.82) is 0 Å². The van der Waals surface area contributed by atoms with Crippen LogP contribution in [0.5, 0.6) is 0 Å². The summed E-state index contributed by atoms with van der Waals surface area (Å²) in [5.41, 5.74) is 3.72. The summed E-state index contributed by atoms with van der Waals surface area (Å²) in [5, 5.41) is 0. The van der Waals surface area contributed by atoms with Crippen LogP contribution in [-0.4, -0.2) is 0 Å². The predicted octanol–water partition coefficient (Wildman–Crippen LogP) is 5.40. The van der Waals surface area contributed by atoms with Crippen LogP contribution in [0.4, 0.5) is 0 Å². The van der Waals surface area contributed by atoms with Crippen LogP contribution in [-0.2, 0) is 12.8 Å². The van der Waals surface area contributed by atoms with Gasteiger partial charge < -0.3 is 0 Å². The minimum atomic E-state index is 0.564. The van der Waals surface area contributed by atoms with Gasteiger partial charge in [-0.15, -0.1) is 0 Å². The lowest BCUT2D eigenvalue weighted by Gasteiger charge is -2.34. The first-order chi connectivity index (χ1) is 8.15. The summed E-state index contributed by atoms with van der Waals surface area (Å²) >= 11 is 0. The SMILES string of the molecule is CCC1(C)CCc2ccccc2C1.CCCC. The quantitative estimate of drug-likeness (QED) is 0.640. The molecular weight excluding hydrogens is 204 g/mol. The van der Waals surface area contributed by atoms with Crippen LogP contribution in [0.15, 0.2) is 24.3 Å². The molecule has 1 aromatic rings. The molecule has 1 aliphatic rings. The lowest BCUT2D eigenvalue weighted by molar-refractivity contribution is 0.268. The second kappa shape index (κ2) is 6.83. The number of unbranched alkanes of at least 4 members (excludes halogenated alkanes) is 1. The molecule has 0 bridgehead atoms. The average molecular weight is 232 g/mol. The minimum Gasteiger partial charge on any atom is -0.0654 e. The van der Waals surface area contributed by atoms with E-state index < -0.39 is 0 Å². The highest BCUT2D eigenvalue weighted by Crippen LogP contribution is 2.37. The molecule has 1 unspecified atom stereocenters. The molecule has 0 fully saturated rings. The molecule has 0 aromatic heterocycles. The van der Waals surface area contributed by atoms with E-state index >= 15 is 0 Å². The third kappa shape index (κ3) is 4.18. The highest BCUT2D eigenvalue weighted by molar-refractivity contribution is 5.30. The van der Waals surface area contributed by atoms with Gasteiger partial charge in [0.15, 0.2) is 0 Å². The summed E-state index contributed by atoms with van der Waals surface area (Å²) in [4.78, 5) is 0. The molecule has 1 aromatic carbocycles. The lowest BCUT2D eigenvalue weighted by atomic mass is 9.71. The molecule has 96 valence electrons. The van der Waals surface area contributed by atoms with Crippen molar-refractivity contribution >= 4 is 0 Å². The van der Waals surface area contributed by atoms with E-state index in [0.29, 0.717) is 5.41 Å². The van der Waals surface area contributed by atoms with Gasteiger partial charge in [-0.2, -0.15) is 0 Å². The molecule has 0 saturated carbocycles. The van der Waals surface area contributed by atoms with Crippen LogP contribution in [0.2, 0.25) is 0 Å². The Morgan fingerprint density at radius 1 is 1.00 bits per heavy atom. The van der Waals surface area contributed by atoms with E-state index in [1.54, 1.807) is 11.1 Å². The fourth-order valence-electron chi connectivity index (χ4n) is 2.26. The average Bonchev–Trinajstić information content (AvgIpc) is 2.39. The molecule has 0 nitrogen and oxygen atoms in total. The molecule has 2 rings (SSSR count). The second-order valence-electron chi connectivity index (χ2n) is 5.61. The van der Waals surface area contributed by atoms with Crippen molar-refractivity contribution < 1.29 is 0 Å². The van der Waals surface area contributed by atoms with E-state index in [0.717, 1.165) is 0 Å². The van der Waals surface area contributed by atoms with Crippen molar-refractivity contribution in [3.05, 3.63) is 35.4 Å². The van der Waals surface area contributed by atoms with Gasteiger partial charge in [-0.1, -0.05) is 71.2 Å². The molecule has 0 spiro atoms. The largest absolute Gasteiger partial charge is 0.0654 e. The maximum absolute atomic E-state index is 2.42. The highest BCUT2D eigenvalue weighted by Gasteiger charge is 2.27. The van der Waals surface area contributed by atoms with Crippen LogP contribution in [0.3, 0.4) is 0 Å². The third-order valence-corrected chi connectivity index (χ3v) is 4.09. The van der Waals surface area contributed by atoms with Crippen LogP contribution >= 0.6 is 0 Å². The van der Waals surface area contributed by atoms with Crippen molar-refractivity contribution in [2.24, 2.45) is 5.41 Å². The Morgan fingerprint density at radius 2 is 1.59 bits per heavy atom. The number of benzene rings is 1. The Labute approximate surface area is 107 Å². The molecule has 1 aliphatic carbocycles. The van der Waals surface area contributed by atoms with Gasteiger partial charge in [0.1, 0.15) is 0 Å². The fraction of sp³-hybridized carbons (Fsp3) is 0.647. The maximum atomic E-state index is 2.42. The van der Waals surface area contributed by atoms with Gasteiger partial charge in [-0.05, 0) is 35.8 Å². The summed E-state index contributed by atoms with van der Waals surface area (Å²) in [6, 6.07) is 8.90. The van der Waals surface area contributed by atoms with Crippen LogP contribution in [0, 0.1) is 5.41 Å². The number of fused-ring (bicyclic) bond motifs is 1. The Balaban J connectivity index is 0.000000317. The smallest absolute Gasteiger partial charge is 0.0222 e. The van der Waals surface area contributed by atoms with E-state index in [-0.39, 0.29) is 0 Å². The van der Waals surface area contributed by atoms with Gasteiger partial charge in [0, 0.05) is 0 Å². The summed E-state index contributed by atoms with van der Waals surface area (Å²) in [6.45, 7) is 9.09. The van der Waals surface area contributed by atoms with Crippen molar-refractivity contribution in [2.45, 2.75) is 66.2 Å². The van der Waals surface area contributed by atoms with E-state index in [2.05, 4.69) is 52.0 Å². The summed E-state index contributed by atoms with van der Waals surface area (Å²) in [5.74, 6) is 0. The van der Waals surface area contributed by atoms with Crippen molar-refractivity contribution in [2.75, 3.05) is 0 Å². The molecular formula is C17H28. The first-order valence-electron chi connectivity index (χ1n) is 7.22. The van der Waals surface area contributed by atoms with Gasteiger partial charge >= 0.3 is 0 Å². The normalized spacial score (nSPS) is 22.4. The van der Waals surface area contributed by atoms with Gasteiger partial charge in [0.25, 0.3) is 0 Å². The Kier molecular flexibility index (Phi) is 5.74. The lowest BCUT2D eigenvalue weighted by Crippen LogP contribution is -2.24. The minimum absolute atomic E-state index is 0.564. The van der Waals surface area contributed by atoms with Crippen LogP contribution in [0.1, 0.15) is 64.5 Å². The van der Waals surface area contributed by atoms with Crippen molar-refractivity contribution in [3.63, 3.8) is 0 Å². The first kappa shape index (κ1) is 14.3. The summed E-state index contributed by atoms with van der Waals surface area (Å²) < 4.78 is 0. The highest BCUT2D eigenvalue weighted by atomic mass is 14.3. The second-order valence-corrected chi connectivity index (χ2v) is 5.61. The topological polar surface area (TPSA) is 0 Å². The van der Waals surface area contributed by atoms with E-state index in [9.17, 15) is 0 Å². The Bertz CT molecular complexity index is 325. The van der Waals surface area contributed by atoms with Crippen LogP contribution in [0.25, 0.3) is 0 Å². The molecule has 1 atom stereocenters. The van der Waals surface area contributed by atoms with Crippen LogP contribution < -0.4 is 0 Å². The molecule has 0 amide bonds. The standard InChI is InChI=1S/C13H18.C4H10/c1-3-13(2)9-8-11-6-4-5-7-12(11)10-13;1-3-4-2/h4-7H,3,8-10H2,1-2H3;3-4H2,1-2H3. The molecule has 0 N–H and O–H groups in total. The van der Waals surface area contributed by atoms with Crippen molar-refractivity contribution in [1.82, 2.24) is 0 Å². The molecule has 0 aliphatic heterocycles. The number of aryl methyl sites for hydroxylation is 1. The Hall–Kier alpha value is -0.780. The molecule has 0 heterocycles. The number of hydrogen-bond acceptors (Lipinski definition) is 0. The van der Waals surface area contributed by atoms with Gasteiger partial charge in [0.05, 0.1) is 0 Å². The van der Waals surface area contributed by atoms with Crippen molar-refractivity contribution in [3.8, 4) is 0 Å². The van der Waals surface area contributed by atoms with E-state index in [4.69, 9.17) is 0 Å². The molecule has 0 radical (unpaired) electrons.